The van der Waals surface area contributed by atoms with Crippen LogP contribution in [-0.2, 0) is 0 Å². The van der Waals surface area contributed by atoms with Crippen molar-refractivity contribution >= 4 is 18.1 Å². The van der Waals surface area contributed by atoms with E-state index in [0.29, 0.717) is 6.16 Å². The summed E-state index contributed by atoms with van der Waals surface area (Å²) in [5, 5.41) is 2.07. The molecule has 0 aliphatic carbocycles. The zero-order valence-corrected chi connectivity index (χ0v) is 10.7. The molecule has 0 spiro atoms. The molecule has 2 heteroatoms. The van der Waals surface area contributed by atoms with Gasteiger partial charge in [0.05, 0.1) is 0 Å². The predicted octanol–water partition coefficient (Wildman–Crippen LogP) is 2.48. The molecule has 1 nitrogen and oxygen atoms in total. The van der Waals surface area contributed by atoms with Crippen LogP contribution >= 0.6 is 7.49 Å². The molecular weight excluding hydrogens is 227 g/mol. The molecule has 0 amide bonds. The molecule has 0 aromatic heterocycles. The summed E-state index contributed by atoms with van der Waals surface area (Å²) in [6.07, 6.45) is 2.45. The Bertz CT molecular complexity index is 439. The average molecular weight is 244 g/mol. The van der Waals surface area contributed by atoms with Gasteiger partial charge < -0.3 is 0 Å². The maximum atomic E-state index is 11.0. The first-order valence-corrected chi connectivity index (χ1v) is 7.87. The zero-order valence-electron chi connectivity index (χ0n) is 9.71. The van der Waals surface area contributed by atoms with Crippen LogP contribution in [0.15, 0.2) is 73.3 Å². The number of hydrogen-bond acceptors (Lipinski definition) is 1. The van der Waals surface area contributed by atoms with Gasteiger partial charge in [-0.05, 0) is 0 Å². The standard InChI is InChI=1S/C15H17OP/c1-2-13-17(16,14-9-5-3-6-10-14)15-11-7-4-8-12-15/h2-12,16-17H,1,13H2. The van der Waals surface area contributed by atoms with Crippen molar-refractivity contribution in [3.05, 3.63) is 73.3 Å². The van der Waals surface area contributed by atoms with Crippen LogP contribution in [-0.4, -0.2) is 11.1 Å². The Balaban J connectivity index is 2.50. The van der Waals surface area contributed by atoms with Gasteiger partial charge in [-0.3, -0.25) is 0 Å². The SMILES string of the molecule is C=CC[PH](O)(c1ccccc1)c1ccccc1. The van der Waals surface area contributed by atoms with E-state index in [-0.39, 0.29) is 0 Å². The summed E-state index contributed by atoms with van der Waals surface area (Å²) in [6, 6.07) is 19.8. The molecular formula is C15H17OP. The van der Waals surface area contributed by atoms with Crippen molar-refractivity contribution in [1.29, 1.82) is 0 Å². The number of allylic oxidation sites excluding steroid dienone is 1. The molecule has 2 aromatic carbocycles. The van der Waals surface area contributed by atoms with E-state index >= 15 is 0 Å². The number of rotatable bonds is 4. The van der Waals surface area contributed by atoms with Gasteiger partial charge in [0.15, 0.2) is 0 Å². The summed E-state index contributed by atoms with van der Waals surface area (Å²) >= 11 is 0. The molecule has 0 aliphatic heterocycles. The van der Waals surface area contributed by atoms with E-state index < -0.39 is 7.49 Å². The Morgan fingerprint density at radius 1 is 0.882 bits per heavy atom. The Hall–Kier alpha value is -1.43. The Kier molecular flexibility index (Phi) is 3.73. The van der Waals surface area contributed by atoms with Crippen LogP contribution in [0.4, 0.5) is 0 Å². The van der Waals surface area contributed by atoms with Crippen molar-refractivity contribution in [1.82, 2.24) is 0 Å². The molecule has 0 radical (unpaired) electrons. The van der Waals surface area contributed by atoms with Crippen LogP contribution in [0.5, 0.6) is 0 Å². The van der Waals surface area contributed by atoms with Crippen molar-refractivity contribution in [2.45, 2.75) is 0 Å². The second-order valence-corrected chi connectivity index (χ2v) is 7.37. The molecule has 0 aliphatic rings. The minimum absolute atomic E-state index is 0.640. The molecule has 0 saturated carbocycles. The molecule has 2 aromatic rings. The van der Waals surface area contributed by atoms with Gasteiger partial charge in [-0.2, -0.15) is 0 Å². The van der Waals surface area contributed by atoms with Crippen molar-refractivity contribution in [3.8, 4) is 0 Å². The summed E-state index contributed by atoms with van der Waals surface area (Å²) in [5.74, 6) is 0. The topological polar surface area (TPSA) is 20.2 Å². The summed E-state index contributed by atoms with van der Waals surface area (Å²) in [4.78, 5) is 11.0. The predicted molar refractivity (Wildman–Crippen MR) is 77.7 cm³/mol. The second-order valence-electron chi connectivity index (χ2n) is 4.09. The molecule has 0 atom stereocenters. The van der Waals surface area contributed by atoms with Crippen LogP contribution < -0.4 is 10.6 Å². The van der Waals surface area contributed by atoms with Crippen LogP contribution in [0.1, 0.15) is 0 Å². The first-order chi connectivity index (χ1) is 8.27. The summed E-state index contributed by atoms with van der Waals surface area (Å²) in [6.45, 7) is 3.77. The Morgan fingerprint density at radius 3 is 1.65 bits per heavy atom. The zero-order chi connectivity index (χ0) is 12.1. The first kappa shape index (κ1) is 12.0. The third-order valence-electron chi connectivity index (χ3n) is 2.94. The molecule has 0 bridgehead atoms. The van der Waals surface area contributed by atoms with Crippen LogP contribution in [0.3, 0.4) is 0 Å². The van der Waals surface area contributed by atoms with Crippen LogP contribution in [0.2, 0.25) is 0 Å². The monoisotopic (exact) mass is 244 g/mol. The van der Waals surface area contributed by atoms with Gasteiger partial charge in [-0.15, -0.1) is 0 Å². The van der Waals surface area contributed by atoms with Gasteiger partial charge in [0.1, 0.15) is 0 Å². The minimum atomic E-state index is -2.62. The van der Waals surface area contributed by atoms with Gasteiger partial charge >= 0.3 is 102 Å². The van der Waals surface area contributed by atoms with Gasteiger partial charge in [0.25, 0.3) is 0 Å². The Morgan fingerprint density at radius 2 is 1.29 bits per heavy atom. The number of hydrogen-bond donors (Lipinski definition) is 1. The maximum absolute atomic E-state index is 11.0. The molecule has 2 rings (SSSR count). The van der Waals surface area contributed by atoms with Crippen LogP contribution in [0, 0.1) is 0 Å². The third-order valence-corrected chi connectivity index (χ3v) is 6.40. The van der Waals surface area contributed by atoms with Gasteiger partial charge in [-0.25, -0.2) is 0 Å². The summed E-state index contributed by atoms with van der Waals surface area (Å²) in [7, 11) is -2.62. The summed E-state index contributed by atoms with van der Waals surface area (Å²) in [5.41, 5.74) is 0. The Labute approximate surface area is 103 Å². The number of benzene rings is 2. The molecule has 0 fully saturated rings. The molecule has 17 heavy (non-hydrogen) atoms. The molecule has 88 valence electrons. The van der Waals surface area contributed by atoms with E-state index in [1.807, 2.05) is 66.7 Å². The van der Waals surface area contributed by atoms with E-state index in [1.54, 1.807) is 0 Å². The second kappa shape index (κ2) is 5.27. The quantitative estimate of drug-likeness (QED) is 0.647. The van der Waals surface area contributed by atoms with E-state index in [2.05, 4.69) is 6.58 Å². The van der Waals surface area contributed by atoms with E-state index in [0.717, 1.165) is 10.6 Å². The van der Waals surface area contributed by atoms with Gasteiger partial charge in [0.2, 0.25) is 0 Å². The van der Waals surface area contributed by atoms with Crippen molar-refractivity contribution in [3.63, 3.8) is 0 Å². The fraction of sp³-hybridized carbons (Fsp3) is 0.0667. The first-order valence-electron chi connectivity index (χ1n) is 5.72. The van der Waals surface area contributed by atoms with E-state index in [1.165, 1.54) is 0 Å². The molecule has 1 N–H and O–H groups in total. The molecule has 0 unspecified atom stereocenters. The van der Waals surface area contributed by atoms with Gasteiger partial charge in [-0.1, -0.05) is 0 Å². The fourth-order valence-electron chi connectivity index (χ4n) is 2.04. The normalized spacial score (nSPS) is 12.1. The van der Waals surface area contributed by atoms with Crippen LogP contribution in [0.25, 0.3) is 0 Å². The van der Waals surface area contributed by atoms with E-state index in [4.69, 9.17) is 0 Å². The summed E-state index contributed by atoms with van der Waals surface area (Å²) < 4.78 is 0. The third kappa shape index (κ3) is 2.46. The van der Waals surface area contributed by atoms with Crippen molar-refractivity contribution < 1.29 is 4.89 Å². The van der Waals surface area contributed by atoms with Gasteiger partial charge in [0, 0.05) is 0 Å². The molecule has 0 saturated heterocycles. The molecule has 0 heterocycles. The average Bonchev–Trinajstić information content (AvgIpc) is 2.41. The fourth-order valence-corrected chi connectivity index (χ4v) is 4.75. The van der Waals surface area contributed by atoms with E-state index in [9.17, 15) is 4.89 Å². The van der Waals surface area contributed by atoms with Crippen molar-refractivity contribution in [2.24, 2.45) is 0 Å². The van der Waals surface area contributed by atoms with Crippen molar-refractivity contribution in [2.75, 3.05) is 6.16 Å².